The van der Waals surface area contributed by atoms with Crippen molar-refractivity contribution in [2.75, 3.05) is 55.8 Å². The summed E-state index contributed by atoms with van der Waals surface area (Å²) in [6.07, 6.45) is 1.60. The van der Waals surface area contributed by atoms with Crippen LogP contribution in [0, 0.1) is 0 Å². The van der Waals surface area contributed by atoms with Crippen molar-refractivity contribution < 1.29 is 27.8 Å². The van der Waals surface area contributed by atoms with Gasteiger partial charge in [0, 0.05) is 37.0 Å². The molecule has 10 nitrogen and oxygen atoms in total. The molecule has 1 saturated heterocycles. The van der Waals surface area contributed by atoms with Crippen molar-refractivity contribution in [1.29, 1.82) is 0 Å². The van der Waals surface area contributed by atoms with Crippen LogP contribution in [0.25, 0.3) is 0 Å². The van der Waals surface area contributed by atoms with Crippen molar-refractivity contribution >= 4 is 39.7 Å². The Hall–Kier alpha value is -3.51. The average molecular weight is 661 g/mol. The van der Waals surface area contributed by atoms with E-state index in [4.69, 9.17) is 9.47 Å². The minimum absolute atomic E-state index is 0. The summed E-state index contributed by atoms with van der Waals surface area (Å²) in [6, 6.07) is 19.9. The van der Waals surface area contributed by atoms with Crippen LogP contribution in [-0.4, -0.2) is 77.7 Å². The van der Waals surface area contributed by atoms with Gasteiger partial charge in [0.25, 0.3) is 5.91 Å². The van der Waals surface area contributed by atoms with E-state index in [0.717, 1.165) is 17.5 Å². The summed E-state index contributed by atoms with van der Waals surface area (Å²) in [4.78, 5) is 13.7. The summed E-state index contributed by atoms with van der Waals surface area (Å²) in [5, 5.41) is 20.8. The van der Waals surface area contributed by atoms with Crippen LogP contribution in [0.3, 0.4) is 0 Å². The van der Waals surface area contributed by atoms with E-state index < -0.39 is 22.2 Å². The Bertz CT molecular complexity index is 1470. The quantitative estimate of drug-likeness (QED) is 0.180. The van der Waals surface area contributed by atoms with Gasteiger partial charge in [0.05, 0.1) is 37.8 Å². The van der Waals surface area contributed by atoms with Crippen LogP contribution >= 0.6 is 12.4 Å². The number of hydrogen-bond donors (Lipinski definition) is 4. The fourth-order valence-electron chi connectivity index (χ4n) is 5.31. The van der Waals surface area contributed by atoms with Crippen LogP contribution in [0.2, 0.25) is 0 Å². The zero-order chi connectivity index (χ0) is 31.5. The van der Waals surface area contributed by atoms with E-state index >= 15 is 0 Å². The van der Waals surface area contributed by atoms with Gasteiger partial charge < -0.3 is 30.5 Å². The topological polar surface area (TPSA) is 129 Å². The van der Waals surface area contributed by atoms with Crippen molar-refractivity contribution in [2.45, 2.75) is 44.8 Å². The number of methoxy groups -OCH3 is 2. The Morgan fingerprint density at radius 3 is 2.33 bits per heavy atom. The van der Waals surface area contributed by atoms with Gasteiger partial charge in [-0.25, -0.2) is 8.42 Å². The smallest absolute Gasteiger partial charge is 0.251 e. The van der Waals surface area contributed by atoms with Crippen molar-refractivity contribution in [1.82, 2.24) is 10.6 Å². The average Bonchev–Trinajstić information content (AvgIpc) is 3.02. The number of aliphatic hydroxyl groups excluding tert-OH is 1. The Morgan fingerprint density at radius 2 is 1.69 bits per heavy atom. The van der Waals surface area contributed by atoms with E-state index in [-0.39, 0.29) is 30.6 Å². The fourth-order valence-corrected chi connectivity index (χ4v) is 6.93. The molecule has 4 rings (SSSR count). The van der Waals surface area contributed by atoms with Gasteiger partial charge in [0.2, 0.25) is 10.0 Å². The van der Waals surface area contributed by atoms with Crippen molar-refractivity contribution in [2.24, 2.45) is 0 Å². The second-order valence-electron chi connectivity index (χ2n) is 10.9. The maximum atomic E-state index is 13.7. The molecule has 4 N–H and O–H groups in total. The van der Waals surface area contributed by atoms with Crippen LogP contribution in [0.4, 0.5) is 11.4 Å². The molecule has 1 amide bonds. The number of aliphatic hydroxyl groups is 1. The van der Waals surface area contributed by atoms with Gasteiger partial charge in [-0.3, -0.25) is 9.10 Å². The third-order valence-corrected chi connectivity index (χ3v) is 9.50. The predicted octanol–water partition coefficient (Wildman–Crippen LogP) is 4.02. The molecule has 3 aromatic rings. The van der Waals surface area contributed by atoms with Crippen LogP contribution in [0.15, 0.2) is 66.7 Å². The first-order valence-corrected chi connectivity index (χ1v) is 16.7. The Morgan fingerprint density at radius 1 is 0.978 bits per heavy atom. The number of anilines is 2. The number of hydrogen-bond acceptors (Lipinski definition) is 8. The van der Waals surface area contributed by atoms with Crippen LogP contribution in [0.1, 0.15) is 41.3 Å². The molecule has 3 aromatic carbocycles. The van der Waals surface area contributed by atoms with E-state index in [2.05, 4.69) is 16.0 Å². The molecule has 1 aliphatic heterocycles. The minimum Gasteiger partial charge on any atom is -0.497 e. The van der Waals surface area contributed by atoms with E-state index in [1.807, 2.05) is 55.5 Å². The molecule has 0 aromatic heterocycles. The van der Waals surface area contributed by atoms with Gasteiger partial charge in [-0.15, -0.1) is 12.4 Å². The summed E-state index contributed by atoms with van der Waals surface area (Å²) in [7, 11) is -0.233. The zero-order valence-electron chi connectivity index (χ0n) is 26.1. The first-order chi connectivity index (χ1) is 21.2. The standard InChI is InChI=1S/C33H44N4O6S.ClH/c1-4-35-27-19-26(20-28(21-27)37-14-8-9-15-44(37,40)41)33(39)36-31(18-24-10-6-5-7-11-24)32(38)23-34-13-12-25-16-29(42-2)22-30(17-25)43-3;/h5-7,10-11,16-17,19-22,31-32,34-35,38H,4,8-9,12-15,18,23H2,1-3H3,(H,36,39);1H/t31-,32+;/m0./s1. The Kier molecular flexibility index (Phi) is 13.8. The minimum atomic E-state index is -3.46. The van der Waals surface area contributed by atoms with E-state index in [0.29, 0.717) is 67.3 Å². The Labute approximate surface area is 273 Å². The lowest BCUT2D eigenvalue weighted by atomic mass is 10.00. The molecule has 45 heavy (non-hydrogen) atoms. The molecule has 12 heteroatoms. The van der Waals surface area contributed by atoms with Crippen LogP contribution in [-0.2, 0) is 22.9 Å². The largest absolute Gasteiger partial charge is 0.497 e. The normalized spacial score (nSPS) is 15.3. The molecule has 0 bridgehead atoms. The maximum absolute atomic E-state index is 13.7. The molecular formula is C33H45ClN4O6S. The third-order valence-electron chi connectivity index (χ3n) is 7.63. The number of ether oxygens (including phenoxy) is 2. The van der Waals surface area contributed by atoms with E-state index in [1.54, 1.807) is 32.4 Å². The number of carbonyl (C=O) groups is 1. The number of sulfonamides is 1. The number of nitrogens with one attached hydrogen (secondary N) is 3. The first-order valence-electron chi connectivity index (χ1n) is 15.1. The molecule has 0 unspecified atom stereocenters. The van der Waals surface area contributed by atoms with Crippen LogP contribution < -0.4 is 29.7 Å². The molecule has 0 aliphatic carbocycles. The molecule has 246 valence electrons. The highest BCUT2D eigenvalue weighted by Crippen LogP contribution is 2.28. The molecule has 0 radical (unpaired) electrons. The van der Waals surface area contributed by atoms with Gasteiger partial charge in [0.1, 0.15) is 11.5 Å². The SMILES string of the molecule is CCNc1cc(C(=O)N[C@@H](Cc2ccccc2)[C@H](O)CNCCc2cc(OC)cc(OC)c2)cc(N2CCCCS2(=O)=O)c1.Cl. The number of carbonyl (C=O) groups excluding carboxylic acids is 1. The lowest BCUT2D eigenvalue weighted by molar-refractivity contribution is 0.0831. The molecular weight excluding hydrogens is 616 g/mol. The second-order valence-corrected chi connectivity index (χ2v) is 12.9. The first kappa shape index (κ1) is 36.0. The summed E-state index contributed by atoms with van der Waals surface area (Å²) < 4.78 is 37.8. The van der Waals surface area contributed by atoms with Crippen molar-refractivity contribution in [3.63, 3.8) is 0 Å². The summed E-state index contributed by atoms with van der Waals surface area (Å²) >= 11 is 0. The highest BCUT2D eigenvalue weighted by Gasteiger charge is 2.28. The molecule has 2 atom stereocenters. The number of rotatable bonds is 15. The lowest BCUT2D eigenvalue weighted by Crippen LogP contribution is -2.49. The van der Waals surface area contributed by atoms with E-state index in [1.165, 1.54) is 4.31 Å². The van der Waals surface area contributed by atoms with Gasteiger partial charge in [-0.2, -0.15) is 0 Å². The molecule has 0 saturated carbocycles. The second kappa shape index (κ2) is 17.3. The fraction of sp³-hybridized carbons (Fsp3) is 0.424. The number of amides is 1. The van der Waals surface area contributed by atoms with Gasteiger partial charge in [-0.1, -0.05) is 30.3 Å². The molecule has 0 spiro atoms. The number of benzene rings is 3. The maximum Gasteiger partial charge on any atom is 0.251 e. The van der Waals surface area contributed by atoms with E-state index in [9.17, 15) is 18.3 Å². The third kappa shape index (κ3) is 10.3. The number of nitrogens with zero attached hydrogens (tertiary/aromatic N) is 1. The summed E-state index contributed by atoms with van der Waals surface area (Å²) in [5.74, 6) is 1.13. The van der Waals surface area contributed by atoms with Gasteiger partial charge in [-0.05, 0) is 80.6 Å². The summed E-state index contributed by atoms with van der Waals surface area (Å²) in [6.45, 7) is 3.78. The van der Waals surface area contributed by atoms with Crippen LogP contribution in [0.5, 0.6) is 11.5 Å². The summed E-state index contributed by atoms with van der Waals surface area (Å²) in [5.41, 5.74) is 3.45. The molecule has 1 fully saturated rings. The number of halogens is 1. The van der Waals surface area contributed by atoms with Gasteiger partial charge >= 0.3 is 0 Å². The molecule has 1 heterocycles. The monoisotopic (exact) mass is 660 g/mol. The lowest BCUT2D eigenvalue weighted by Gasteiger charge is -2.29. The molecule has 1 aliphatic rings. The van der Waals surface area contributed by atoms with Gasteiger partial charge in [0.15, 0.2) is 0 Å². The zero-order valence-corrected chi connectivity index (χ0v) is 27.8. The Balaban J connectivity index is 0.00000552. The highest BCUT2D eigenvalue weighted by atomic mass is 35.5. The highest BCUT2D eigenvalue weighted by molar-refractivity contribution is 7.92. The van der Waals surface area contributed by atoms with Crippen molar-refractivity contribution in [3.05, 3.63) is 83.4 Å². The van der Waals surface area contributed by atoms with Crippen molar-refractivity contribution in [3.8, 4) is 11.5 Å². The predicted molar refractivity (Wildman–Crippen MR) is 182 cm³/mol.